The largest absolute Gasteiger partial charge is 0.508 e. The number of phenols is 1. The van der Waals surface area contributed by atoms with E-state index in [2.05, 4.69) is 10.2 Å². The molecular weight excluding hydrogens is 352 g/mol. The van der Waals surface area contributed by atoms with Crippen molar-refractivity contribution in [2.24, 2.45) is 0 Å². The molecule has 3 atom stereocenters. The lowest BCUT2D eigenvalue weighted by Gasteiger charge is -2.57. The fourth-order valence-corrected chi connectivity index (χ4v) is 5.15. The van der Waals surface area contributed by atoms with Crippen molar-refractivity contribution >= 4 is 5.91 Å². The smallest absolute Gasteiger partial charge is 0.251 e. The molecule has 28 heavy (non-hydrogen) atoms. The van der Waals surface area contributed by atoms with E-state index in [9.17, 15) is 15.0 Å². The Bertz CT molecular complexity index is 856. The van der Waals surface area contributed by atoms with Crippen molar-refractivity contribution in [2.75, 3.05) is 20.1 Å². The Morgan fingerprint density at radius 3 is 2.68 bits per heavy atom. The summed E-state index contributed by atoms with van der Waals surface area (Å²) in [6, 6.07) is 16.5. The summed E-state index contributed by atoms with van der Waals surface area (Å²) in [5.41, 5.74) is 0.257. The number of likely N-dealkylation sites (N-methyl/N-ethyl adjacent to an activating group) is 1. The molecular formula is C23H28N2O3. The van der Waals surface area contributed by atoms with Gasteiger partial charge >= 0.3 is 0 Å². The first kappa shape index (κ1) is 19.0. The molecule has 1 aliphatic heterocycles. The summed E-state index contributed by atoms with van der Waals surface area (Å²) in [5.74, 6) is 0.138. The lowest BCUT2D eigenvalue weighted by Crippen LogP contribution is -2.66. The topological polar surface area (TPSA) is 72.8 Å². The summed E-state index contributed by atoms with van der Waals surface area (Å²) in [6.07, 6.45) is 2.82. The Morgan fingerprint density at radius 1 is 1.14 bits per heavy atom. The minimum absolute atomic E-state index is 0.0151. The van der Waals surface area contributed by atoms with Gasteiger partial charge in [0.15, 0.2) is 0 Å². The van der Waals surface area contributed by atoms with Gasteiger partial charge in [-0.15, -0.1) is 0 Å². The molecule has 2 aliphatic rings. The van der Waals surface area contributed by atoms with E-state index >= 15 is 0 Å². The third-order valence-corrected chi connectivity index (χ3v) is 6.61. The molecule has 0 aromatic heterocycles. The minimum atomic E-state index is -0.873. The standard InChI is InChI=1S/C23H28N2O3/c1-25-13-12-22(18-8-5-9-20(26)14-18)15-19(10-11-23(22,28)16-25)24-21(27)17-6-3-2-4-7-17/h2-9,14,19,26,28H,10-13,15-16H2,1H3,(H,24,27)/t19-,22?,23?/m1/s1. The van der Waals surface area contributed by atoms with E-state index < -0.39 is 11.0 Å². The Morgan fingerprint density at radius 2 is 1.93 bits per heavy atom. The highest BCUT2D eigenvalue weighted by molar-refractivity contribution is 5.94. The third-order valence-electron chi connectivity index (χ3n) is 6.61. The van der Waals surface area contributed by atoms with Gasteiger partial charge in [0.2, 0.25) is 0 Å². The van der Waals surface area contributed by atoms with E-state index in [0.29, 0.717) is 24.9 Å². The Hall–Kier alpha value is -2.37. The second-order valence-corrected chi connectivity index (χ2v) is 8.43. The number of carbonyl (C=O) groups is 1. The fraction of sp³-hybridized carbons (Fsp3) is 0.435. The van der Waals surface area contributed by atoms with Gasteiger partial charge in [0.25, 0.3) is 5.91 Å². The lowest BCUT2D eigenvalue weighted by molar-refractivity contribution is -0.121. The average molecular weight is 380 g/mol. The first-order chi connectivity index (χ1) is 13.4. The number of rotatable bonds is 3. The van der Waals surface area contributed by atoms with Gasteiger partial charge in [0, 0.05) is 23.6 Å². The maximum Gasteiger partial charge on any atom is 0.251 e. The zero-order valence-corrected chi connectivity index (χ0v) is 16.3. The maximum absolute atomic E-state index is 12.7. The molecule has 148 valence electrons. The zero-order valence-electron chi connectivity index (χ0n) is 16.3. The number of fused-ring (bicyclic) bond motifs is 1. The van der Waals surface area contributed by atoms with Gasteiger partial charge in [-0.05, 0) is 69.1 Å². The van der Waals surface area contributed by atoms with Crippen molar-refractivity contribution in [1.29, 1.82) is 0 Å². The first-order valence-corrected chi connectivity index (χ1v) is 9.98. The van der Waals surface area contributed by atoms with Crippen molar-refractivity contribution in [3.8, 4) is 5.75 Å². The van der Waals surface area contributed by atoms with Crippen LogP contribution in [0.5, 0.6) is 5.75 Å². The number of amides is 1. The Kier molecular flexibility index (Phi) is 4.89. The van der Waals surface area contributed by atoms with Crippen LogP contribution in [0.3, 0.4) is 0 Å². The lowest BCUT2D eigenvalue weighted by atomic mass is 9.55. The van der Waals surface area contributed by atoms with Crippen molar-refractivity contribution in [3.63, 3.8) is 0 Å². The van der Waals surface area contributed by atoms with E-state index in [1.807, 2.05) is 49.5 Å². The number of nitrogens with zero attached hydrogens (tertiary/aromatic N) is 1. The summed E-state index contributed by atoms with van der Waals surface area (Å²) < 4.78 is 0. The van der Waals surface area contributed by atoms with Crippen molar-refractivity contribution in [1.82, 2.24) is 10.2 Å². The second-order valence-electron chi connectivity index (χ2n) is 8.43. The number of carbonyl (C=O) groups excluding carboxylic acids is 1. The molecule has 2 aromatic carbocycles. The molecule has 1 saturated carbocycles. The molecule has 1 aliphatic carbocycles. The number of β-amino-alcohol motifs (C(OH)–C–C–N with tert-alkyl or cyclic N) is 1. The third kappa shape index (κ3) is 3.29. The molecule has 1 amide bonds. The number of hydrogen-bond acceptors (Lipinski definition) is 4. The van der Waals surface area contributed by atoms with Gasteiger partial charge in [0.1, 0.15) is 5.75 Å². The van der Waals surface area contributed by atoms with E-state index in [4.69, 9.17) is 0 Å². The van der Waals surface area contributed by atoms with Crippen LogP contribution in [0.15, 0.2) is 54.6 Å². The normalized spacial score (nSPS) is 30.4. The van der Waals surface area contributed by atoms with Gasteiger partial charge in [-0.3, -0.25) is 4.79 Å². The van der Waals surface area contributed by atoms with Gasteiger partial charge in [-0.1, -0.05) is 30.3 Å². The van der Waals surface area contributed by atoms with Crippen LogP contribution in [-0.4, -0.2) is 52.8 Å². The van der Waals surface area contributed by atoms with Crippen molar-refractivity contribution in [2.45, 2.75) is 42.7 Å². The van der Waals surface area contributed by atoms with Crippen LogP contribution in [-0.2, 0) is 5.41 Å². The number of hydrogen-bond donors (Lipinski definition) is 3. The molecule has 1 heterocycles. The van der Waals surface area contributed by atoms with Gasteiger partial charge in [-0.25, -0.2) is 0 Å². The van der Waals surface area contributed by atoms with E-state index in [0.717, 1.165) is 24.9 Å². The SMILES string of the molecule is CN1CCC2(c3cccc(O)c3)C[C@H](NC(=O)c3ccccc3)CCC2(O)C1. The summed E-state index contributed by atoms with van der Waals surface area (Å²) in [7, 11) is 2.04. The van der Waals surface area contributed by atoms with Crippen LogP contribution >= 0.6 is 0 Å². The molecule has 0 bridgehead atoms. The van der Waals surface area contributed by atoms with E-state index in [1.54, 1.807) is 12.1 Å². The molecule has 0 radical (unpaired) electrons. The highest BCUT2D eigenvalue weighted by Crippen LogP contribution is 2.51. The van der Waals surface area contributed by atoms with Crippen LogP contribution in [0.1, 0.15) is 41.6 Å². The predicted octanol–water partition coefficient (Wildman–Crippen LogP) is 2.68. The van der Waals surface area contributed by atoms with Gasteiger partial charge in [0.05, 0.1) is 5.60 Å². The first-order valence-electron chi connectivity index (χ1n) is 9.98. The summed E-state index contributed by atoms with van der Waals surface area (Å²) in [5, 5.41) is 24.9. The molecule has 2 fully saturated rings. The van der Waals surface area contributed by atoms with Gasteiger partial charge in [-0.2, -0.15) is 0 Å². The molecule has 4 rings (SSSR count). The molecule has 0 spiro atoms. The molecule has 5 nitrogen and oxygen atoms in total. The average Bonchev–Trinajstić information content (AvgIpc) is 2.69. The van der Waals surface area contributed by atoms with Crippen LogP contribution in [0.4, 0.5) is 0 Å². The zero-order chi connectivity index (χ0) is 19.8. The van der Waals surface area contributed by atoms with E-state index in [1.165, 1.54) is 0 Å². The second kappa shape index (κ2) is 7.22. The maximum atomic E-state index is 12.7. The number of aromatic hydroxyl groups is 1. The summed E-state index contributed by atoms with van der Waals surface area (Å²) in [6.45, 7) is 1.47. The summed E-state index contributed by atoms with van der Waals surface area (Å²) >= 11 is 0. The number of likely N-dealkylation sites (tertiary alicyclic amines) is 1. The number of benzene rings is 2. The van der Waals surface area contributed by atoms with Crippen LogP contribution in [0, 0.1) is 0 Å². The van der Waals surface area contributed by atoms with Crippen LogP contribution < -0.4 is 5.32 Å². The molecule has 5 heteroatoms. The highest BCUT2D eigenvalue weighted by atomic mass is 16.3. The van der Waals surface area contributed by atoms with Crippen molar-refractivity contribution < 1.29 is 15.0 Å². The highest BCUT2D eigenvalue weighted by Gasteiger charge is 2.57. The summed E-state index contributed by atoms with van der Waals surface area (Å²) in [4.78, 5) is 14.8. The number of phenolic OH excluding ortho intramolecular Hbond substituents is 1. The van der Waals surface area contributed by atoms with Crippen LogP contribution in [0.2, 0.25) is 0 Å². The molecule has 3 N–H and O–H groups in total. The quantitative estimate of drug-likeness (QED) is 0.766. The minimum Gasteiger partial charge on any atom is -0.508 e. The number of nitrogens with one attached hydrogen (secondary N) is 1. The number of piperidine rings is 1. The van der Waals surface area contributed by atoms with Crippen LogP contribution in [0.25, 0.3) is 0 Å². The van der Waals surface area contributed by atoms with Gasteiger partial charge < -0.3 is 20.4 Å². The Balaban J connectivity index is 1.64. The number of aliphatic hydroxyl groups is 1. The monoisotopic (exact) mass is 380 g/mol. The van der Waals surface area contributed by atoms with Crippen molar-refractivity contribution in [3.05, 3.63) is 65.7 Å². The fourth-order valence-electron chi connectivity index (χ4n) is 5.15. The molecule has 2 unspecified atom stereocenters. The Labute approximate surface area is 166 Å². The molecule has 2 aromatic rings. The van der Waals surface area contributed by atoms with E-state index in [-0.39, 0.29) is 17.7 Å². The predicted molar refractivity (Wildman–Crippen MR) is 108 cm³/mol. The molecule has 1 saturated heterocycles.